The molecule has 4 nitrogen and oxygen atoms in total. The zero-order valence-corrected chi connectivity index (χ0v) is 11.0. The largest absolute Gasteiger partial charge is 0.389 e. The molecule has 2 aliphatic rings. The summed E-state index contributed by atoms with van der Waals surface area (Å²) in [6, 6.07) is 0. The van der Waals surface area contributed by atoms with Crippen molar-refractivity contribution < 1.29 is 14.6 Å². The zero-order valence-electron chi connectivity index (χ0n) is 11.0. The van der Waals surface area contributed by atoms with Crippen LogP contribution in [0.25, 0.3) is 0 Å². The molecule has 4 heteroatoms. The fourth-order valence-electron chi connectivity index (χ4n) is 3.23. The predicted molar refractivity (Wildman–Crippen MR) is 65.8 cm³/mol. The van der Waals surface area contributed by atoms with Gasteiger partial charge < -0.3 is 20.3 Å². The Bertz CT molecular complexity index is 278. The number of hydrogen-bond donors (Lipinski definition) is 2. The predicted octanol–water partition coefficient (Wildman–Crippen LogP) is 1.06. The van der Waals surface area contributed by atoms with Crippen molar-refractivity contribution in [1.29, 1.82) is 0 Å². The van der Waals surface area contributed by atoms with E-state index in [1.807, 2.05) is 0 Å². The van der Waals surface area contributed by atoms with Gasteiger partial charge in [-0.2, -0.15) is 0 Å². The second-order valence-electron chi connectivity index (χ2n) is 5.90. The highest BCUT2D eigenvalue weighted by molar-refractivity contribution is 5.06. The summed E-state index contributed by atoms with van der Waals surface area (Å²) in [6.07, 6.45) is 3.11. The highest BCUT2D eigenvalue weighted by atomic mass is 16.5. The number of hydrogen-bond acceptors (Lipinski definition) is 4. The molecular formula is C13H25NO3. The van der Waals surface area contributed by atoms with Gasteiger partial charge in [0, 0.05) is 31.4 Å². The molecule has 0 amide bonds. The summed E-state index contributed by atoms with van der Waals surface area (Å²) in [5.74, 6) is 0. The van der Waals surface area contributed by atoms with Crippen molar-refractivity contribution in [2.24, 2.45) is 11.1 Å². The minimum Gasteiger partial charge on any atom is -0.389 e. The van der Waals surface area contributed by atoms with Crippen LogP contribution in [0.4, 0.5) is 0 Å². The van der Waals surface area contributed by atoms with Crippen LogP contribution in [0.1, 0.15) is 39.5 Å². The van der Waals surface area contributed by atoms with Gasteiger partial charge in [0.25, 0.3) is 0 Å². The third-order valence-corrected chi connectivity index (χ3v) is 4.86. The molecule has 2 fully saturated rings. The fourth-order valence-corrected chi connectivity index (χ4v) is 3.23. The van der Waals surface area contributed by atoms with Gasteiger partial charge >= 0.3 is 0 Å². The molecular weight excluding hydrogens is 218 g/mol. The smallest absolute Gasteiger partial charge is 0.0787 e. The SMILES string of the molecule is CCC1(C)CC(O)(C2(CN)CCOC2)CCO1. The first kappa shape index (κ1) is 13.3. The molecule has 0 aliphatic carbocycles. The summed E-state index contributed by atoms with van der Waals surface area (Å²) in [6.45, 7) is 6.58. The van der Waals surface area contributed by atoms with Crippen LogP contribution in [0.3, 0.4) is 0 Å². The topological polar surface area (TPSA) is 64.7 Å². The molecule has 0 aromatic heterocycles. The first-order valence-electron chi connectivity index (χ1n) is 6.63. The lowest BCUT2D eigenvalue weighted by atomic mass is 9.64. The molecule has 3 N–H and O–H groups in total. The molecule has 0 spiro atoms. The van der Waals surface area contributed by atoms with Crippen LogP contribution in [-0.2, 0) is 9.47 Å². The van der Waals surface area contributed by atoms with E-state index in [-0.39, 0.29) is 11.0 Å². The highest BCUT2D eigenvalue weighted by Crippen LogP contribution is 2.48. The highest BCUT2D eigenvalue weighted by Gasteiger charge is 2.55. The Hall–Kier alpha value is -0.160. The molecule has 0 aromatic carbocycles. The maximum absolute atomic E-state index is 11.0. The van der Waals surface area contributed by atoms with Crippen LogP contribution in [-0.4, -0.2) is 42.7 Å². The van der Waals surface area contributed by atoms with Crippen molar-refractivity contribution in [3.63, 3.8) is 0 Å². The van der Waals surface area contributed by atoms with Crippen LogP contribution in [0, 0.1) is 5.41 Å². The lowest BCUT2D eigenvalue weighted by molar-refractivity contribution is -0.199. The second-order valence-corrected chi connectivity index (χ2v) is 5.90. The maximum atomic E-state index is 11.0. The molecule has 0 bridgehead atoms. The van der Waals surface area contributed by atoms with E-state index >= 15 is 0 Å². The van der Waals surface area contributed by atoms with E-state index in [2.05, 4.69) is 13.8 Å². The van der Waals surface area contributed by atoms with Gasteiger partial charge in [0.05, 0.1) is 24.4 Å². The molecule has 3 atom stereocenters. The Morgan fingerprint density at radius 2 is 2.06 bits per heavy atom. The van der Waals surface area contributed by atoms with Crippen LogP contribution in [0.2, 0.25) is 0 Å². The quantitative estimate of drug-likeness (QED) is 0.778. The van der Waals surface area contributed by atoms with E-state index in [1.54, 1.807) is 0 Å². The average molecular weight is 243 g/mol. The minimum absolute atomic E-state index is 0.224. The maximum Gasteiger partial charge on any atom is 0.0787 e. The molecule has 100 valence electrons. The monoisotopic (exact) mass is 243 g/mol. The number of rotatable bonds is 3. The summed E-state index contributed by atoms with van der Waals surface area (Å²) in [5, 5.41) is 11.0. The summed E-state index contributed by atoms with van der Waals surface area (Å²) in [7, 11) is 0. The van der Waals surface area contributed by atoms with Crippen LogP contribution in [0.5, 0.6) is 0 Å². The lowest BCUT2D eigenvalue weighted by Gasteiger charge is -2.51. The van der Waals surface area contributed by atoms with E-state index in [9.17, 15) is 5.11 Å². The van der Waals surface area contributed by atoms with Gasteiger partial charge in [0.15, 0.2) is 0 Å². The Morgan fingerprint density at radius 3 is 2.59 bits per heavy atom. The van der Waals surface area contributed by atoms with Crippen LogP contribution >= 0.6 is 0 Å². The molecule has 2 rings (SSSR count). The van der Waals surface area contributed by atoms with Crippen molar-refractivity contribution in [3.05, 3.63) is 0 Å². The van der Waals surface area contributed by atoms with E-state index in [4.69, 9.17) is 15.2 Å². The second kappa shape index (κ2) is 4.50. The van der Waals surface area contributed by atoms with Crippen LogP contribution in [0.15, 0.2) is 0 Å². The van der Waals surface area contributed by atoms with E-state index in [0.717, 1.165) is 12.8 Å². The average Bonchev–Trinajstić information content (AvgIpc) is 2.79. The Morgan fingerprint density at radius 1 is 1.29 bits per heavy atom. The molecule has 2 heterocycles. The number of nitrogens with two attached hydrogens (primary N) is 1. The van der Waals surface area contributed by atoms with E-state index < -0.39 is 5.60 Å². The number of aliphatic hydroxyl groups is 1. The van der Waals surface area contributed by atoms with Gasteiger partial charge in [-0.3, -0.25) is 0 Å². The third-order valence-electron chi connectivity index (χ3n) is 4.86. The van der Waals surface area contributed by atoms with Gasteiger partial charge in [-0.15, -0.1) is 0 Å². The molecule has 2 saturated heterocycles. The van der Waals surface area contributed by atoms with E-state index in [0.29, 0.717) is 39.2 Å². The molecule has 17 heavy (non-hydrogen) atoms. The molecule has 2 aliphatic heterocycles. The Kier molecular flexibility index (Phi) is 3.51. The molecule has 0 aromatic rings. The number of ether oxygens (including phenoxy) is 2. The van der Waals surface area contributed by atoms with Crippen molar-refractivity contribution >= 4 is 0 Å². The standard InChI is InChI=1S/C13H25NO3/c1-3-11(2)8-13(15,5-7-17-11)12(9-14)4-6-16-10-12/h15H,3-10,14H2,1-2H3. The minimum atomic E-state index is -0.735. The molecule has 0 saturated carbocycles. The normalized spacial score (nSPS) is 47.3. The summed E-state index contributed by atoms with van der Waals surface area (Å²) >= 11 is 0. The molecule has 0 radical (unpaired) electrons. The van der Waals surface area contributed by atoms with Crippen molar-refractivity contribution in [2.75, 3.05) is 26.4 Å². The lowest BCUT2D eigenvalue weighted by Crippen LogP contribution is -2.60. The zero-order chi connectivity index (χ0) is 12.6. The van der Waals surface area contributed by atoms with Crippen molar-refractivity contribution in [3.8, 4) is 0 Å². The van der Waals surface area contributed by atoms with Gasteiger partial charge in [0.1, 0.15) is 0 Å². The van der Waals surface area contributed by atoms with E-state index in [1.165, 1.54) is 0 Å². The van der Waals surface area contributed by atoms with Crippen molar-refractivity contribution in [1.82, 2.24) is 0 Å². The summed E-state index contributed by atoms with van der Waals surface area (Å²) < 4.78 is 11.3. The van der Waals surface area contributed by atoms with Crippen LogP contribution < -0.4 is 5.73 Å². The summed E-state index contributed by atoms with van der Waals surface area (Å²) in [4.78, 5) is 0. The van der Waals surface area contributed by atoms with Gasteiger partial charge in [-0.1, -0.05) is 6.92 Å². The fraction of sp³-hybridized carbons (Fsp3) is 1.00. The summed E-state index contributed by atoms with van der Waals surface area (Å²) in [5.41, 5.74) is 4.70. The van der Waals surface area contributed by atoms with Gasteiger partial charge in [-0.25, -0.2) is 0 Å². The Labute approximate surface area is 103 Å². The Balaban J connectivity index is 2.22. The van der Waals surface area contributed by atoms with Gasteiger partial charge in [0.2, 0.25) is 0 Å². The first-order valence-corrected chi connectivity index (χ1v) is 6.63. The first-order chi connectivity index (χ1) is 7.99. The third kappa shape index (κ3) is 2.12. The molecule has 3 unspecified atom stereocenters. The van der Waals surface area contributed by atoms with Gasteiger partial charge in [-0.05, 0) is 19.8 Å². The van der Waals surface area contributed by atoms with Crippen molar-refractivity contribution in [2.45, 2.75) is 50.7 Å².